The Labute approximate surface area is 118 Å². The maximum absolute atomic E-state index is 14.0. The van der Waals surface area contributed by atoms with Crippen LogP contribution in [0.15, 0.2) is 15.5 Å². The van der Waals surface area contributed by atoms with E-state index in [-0.39, 0.29) is 5.75 Å². The first kappa shape index (κ1) is 14.0. The number of isocyanates is 1. The van der Waals surface area contributed by atoms with Gasteiger partial charge in [-0.2, -0.15) is 4.99 Å². The van der Waals surface area contributed by atoms with E-state index in [0.29, 0.717) is 28.6 Å². The molecular weight excluding hydrogens is 317 g/mol. The molecule has 0 spiro atoms. The molecule has 0 radical (unpaired) electrons. The monoisotopic (exact) mass is 329 g/mol. The summed E-state index contributed by atoms with van der Waals surface area (Å²) in [6.45, 7) is 0. The second-order valence-electron chi connectivity index (χ2n) is 4.37. The molecule has 0 bridgehead atoms. The van der Waals surface area contributed by atoms with Crippen molar-refractivity contribution >= 4 is 22.0 Å². The standard InChI is InChI=1S/C13H13BrFNO3/c1-18-11-8(13(16-7-17)4-3-5-13)6-9(15)12(19-2)10(11)14/h6H,3-5H2,1-2H3. The molecule has 0 amide bonds. The van der Waals surface area contributed by atoms with Crippen LogP contribution < -0.4 is 9.47 Å². The summed E-state index contributed by atoms with van der Waals surface area (Å²) < 4.78 is 24.7. The van der Waals surface area contributed by atoms with Gasteiger partial charge in [0.15, 0.2) is 11.6 Å². The Morgan fingerprint density at radius 1 is 1.37 bits per heavy atom. The van der Waals surface area contributed by atoms with Gasteiger partial charge in [-0.25, -0.2) is 9.18 Å². The lowest BCUT2D eigenvalue weighted by atomic mass is 9.72. The van der Waals surface area contributed by atoms with Crippen LogP contribution in [-0.4, -0.2) is 20.3 Å². The van der Waals surface area contributed by atoms with Crippen LogP contribution in [0.1, 0.15) is 24.8 Å². The Hall–Kier alpha value is -1.39. The van der Waals surface area contributed by atoms with E-state index in [9.17, 15) is 9.18 Å². The van der Waals surface area contributed by atoms with Gasteiger partial charge in [-0.05, 0) is 41.3 Å². The SMILES string of the molecule is COc1c(F)cc(C2(N=C=O)CCC2)c(OC)c1Br. The third kappa shape index (κ3) is 2.15. The molecule has 0 aromatic heterocycles. The van der Waals surface area contributed by atoms with Crippen LogP contribution in [0.25, 0.3) is 0 Å². The summed E-state index contributed by atoms with van der Waals surface area (Å²) >= 11 is 3.27. The zero-order valence-corrected chi connectivity index (χ0v) is 12.2. The van der Waals surface area contributed by atoms with Crippen molar-refractivity contribution in [2.24, 2.45) is 4.99 Å². The molecule has 1 aliphatic carbocycles. The Kier molecular flexibility index (Phi) is 3.92. The van der Waals surface area contributed by atoms with E-state index < -0.39 is 11.4 Å². The summed E-state index contributed by atoms with van der Waals surface area (Å²) in [6.07, 6.45) is 3.86. The molecule has 6 heteroatoms. The summed E-state index contributed by atoms with van der Waals surface area (Å²) in [6, 6.07) is 1.32. The number of hydrogen-bond donors (Lipinski definition) is 0. The van der Waals surface area contributed by atoms with E-state index in [4.69, 9.17) is 9.47 Å². The summed E-state index contributed by atoms with van der Waals surface area (Å²) in [5, 5.41) is 0. The minimum absolute atomic E-state index is 0.0742. The first-order chi connectivity index (χ1) is 9.09. The number of carbonyl (C=O) groups excluding carboxylic acids is 1. The zero-order chi connectivity index (χ0) is 14.0. The Bertz CT molecular complexity index is 551. The predicted octanol–water partition coefficient (Wildman–Crippen LogP) is 3.32. The fraction of sp³-hybridized carbons (Fsp3) is 0.462. The molecule has 0 saturated heterocycles. The van der Waals surface area contributed by atoms with Crippen LogP contribution in [0.2, 0.25) is 0 Å². The van der Waals surface area contributed by atoms with Gasteiger partial charge in [0.05, 0.1) is 14.2 Å². The number of benzene rings is 1. The van der Waals surface area contributed by atoms with Gasteiger partial charge in [0.25, 0.3) is 0 Å². The molecule has 0 atom stereocenters. The van der Waals surface area contributed by atoms with Gasteiger partial charge >= 0.3 is 0 Å². The molecule has 1 saturated carbocycles. The third-order valence-electron chi connectivity index (χ3n) is 3.48. The average molecular weight is 330 g/mol. The number of methoxy groups -OCH3 is 2. The van der Waals surface area contributed by atoms with Crippen LogP contribution in [0.3, 0.4) is 0 Å². The van der Waals surface area contributed by atoms with Crippen molar-refractivity contribution in [3.63, 3.8) is 0 Å². The molecule has 1 aromatic rings. The quantitative estimate of drug-likeness (QED) is 0.628. The smallest absolute Gasteiger partial charge is 0.235 e. The highest BCUT2D eigenvalue weighted by Crippen LogP contribution is 2.52. The summed E-state index contributed by atoms with van der Waals surface area (Å²) in [5.41, 5.74) is -0.169. The number of nitrogens with zero attached hydrogens (tertiary/aromatic N) is 1. The van der Waals surface area contributed by atoms with E-state index in [1.54, 1.807) is 6.08 Å². The molecule has 0 unspecified atom stereocenters. The van der Waals surface area contributed by atoms with E-state index in [2.05, 4.69) is 20.9 Å². The van der Waals surface area contributed by atoms with Gasteiger partial charge in [0, 0.05) is 5.56 Å². The normalized spacial score (nSPS) is 16.2. The highest BCUT2D eigenvalue weighted by molar-refractivity contribution is 9.10. The average Bonchev–Trinajstić information content (AvgIpc) is 2.34. The van der Waals surface area contributed by atoms with Crippen molar-refractivity contribution in [3.05, 3.63) is 21.9 Å². The molecular formula is C13H13BrFNO3. The van der Waals surface area contributed by atoms with Crippen LogP contribution in [0.5, 0.6) is 11.5 Å². The van der Waals surface area contributed by atoms with Gasteiger partial charge < -0.3 is 9.47 Å². The fourth-order valence-electron chi connectivity index (χ4n) is 2.36. The van der Waals surface area contributed by atoms with E-state index in [1.165, 1.54) is 20.3 Å². The lowest BCUT2D eigenvalue weighted by Crippen LogP contribution is -2.32. The largest absolute Gasteiger partial charge is 0.495 e. The minimum atomic E-state index is -0.720. The summed E-state index contributed by atoms with van der Waals surface area (Å²) in [5.74, 6) is -0.000319. The van der Waals surface area contributed by atoms with Crippen molar-refractivity contribution in [3.8, 4) is 11.5 Å². The lowest BCUT2D eigenvalue weighted by molar-refractivity contribution is 0.243. The highest BCUT2D eigenvalue weighted by Gasteiger charge is 2.42. The van der Waals surface area contributed by atoms with Gasteiger partial charge in [-0.1, -0.05) is 0 Å². The highest BCUT2D eigenvalue weighted by atomic mass is 79.9. The third-order valence-corrected chi connectivity index (χ3v) is 4.20. The molecule has 19 heavy (non-hydrogen) atoms. The van der Waals surface area contributed by atoms with Gasteiger partial charge in [-0.3, -0.25) is 0 Å². The van der Waals surface area contributed by atoms with Gasteiger partial charge in [0.2, 0.25) is 6.08 Å². The molecule has 4 nitrogen and oxygen atoms in total. The molecule has 1 aromatic carbocycles. The van der Waals surface area contributed by atoms with E-state index >= 15 is 0 Å². The molecule has 1 fully saturated rings. The second-order valence-corrected chi connectivity index (χ2v) is 5.17. The maximum atomic E-state index is 14.0. The molecule has 0 heterocycles. The van der Waals surface area contributed by atoms with E-state index in [0.717, 1.165) is 6.42 Å². The van der Waals surface area contributed by atoms with Crippen LogP contribution in [0.4, 0.5) is 4.39 Å². The molecule has 0 N–H and O–H groups in total. The molecule has 0 aliphatic heterocycles. The Morgan fingerprint density at radius 3 is 2.42 bits per heavy atom. The van der Waals surface area contributed by atoms with Gasteiger partial charge in [0.1, 0.15) is 15.8 Å². The zero-order valence-electron chi connectivity index (χ0n) is 10.6. The number of aliphatic imine (C=N–C) groups is 1. The minimum Gasteiger partial charge on any atom is -0.495 e. The number of halogens is 2. The molecule has 1 aliphatic rings. The van der Waals surface area contributed by atoms with Crippen molar-refractivity contribution in [1.82, 2.24) is 0 Å². The molecule has 2 rings (SSSR count). The summed E-state index contributed by atoms with van der Waals surface area (Å²) in [7, 11) is 2.86. The topological polar surface area (TPSA) is 47.9 Å². The van der Waals surface area contributed by atoms with Crippen LogP contribution in [0, 0.1) is 5.82 Å². The number of hydrogen-bond acceptors (Lipinski definition) is 4. The van der Waals surface area contributed by atoms with Crippen LogP contribution in [-0.2, 0) is 10.3 Å². The Morgan fingerprint density at radius 2 is 2.00 bits per heavy atom. The maximum Gasteiger partial charge on any atom is 0.235 e. The molecule has 102 valence electrons. The van der Waals surface area contributed by atoms with Crippen molar-refractivity contribution in [2.75, 3.05) is 14.2 Å². The number of rotatable bonds is 4. The van der Waals surface area contributed by atoms with Crippen molar-refractivity contribution in [2.45, 2.75) is 24.8 Å². The van der Waals surface area contributed by atoms with Crippen LogP contribution >= 0.6 is 15.9 Å². The van der Waals surface area contributed by atoms with Crippen molar-refractivity contribution < 1.29 is 18.7 Å². The number of ether oxygens (including phenoxy) is 2. The first-order valence-corrected chi connectivity index (χ1v) is 6.58. The first-order valence-electron chi connectivity index (χ1n) is 5.79. The van der Waals surface area contributed by atoms with Gasteiger partial charge in [-0.15, -0.1) is 0 Å². The lowest BCUT2D eigenvalue weighted by Gasteiger charge is -2.38. The second kappa shape index (κ2) is 5.31. The Balaban J connectivity index is 2.66. The fourth-order valence-corrected chi connectivity index (χ4v) is 3.08. The summed E-state index contributed by atoms with van der Waals surface area (Å²) in [4.78, 5) is 14.5. The van der Waals surface area contributed by atoms with Crippen molar-refractivity contribution in [1.29, 1.82) is 0 Å². The van der Waals surface area contributed by atoms with E-state index in [1.807, 2.05) is 0 Å². The predicted molar refractivity (Wildman–Crippen MR) is 70.9 cm³/mol.